The van der Waals surface area contributed by atoms with Gasteiger partial charge in [-0.1, -0.05) is 5.57 Å². The minimum Gasteiger partial charge on any atom is -0.321 e. The van der Waals surface area contributed by atoms with E-state index in [-0.39, 0.29) is 5.31 Å². The molecular formula is C8H13O4P. The van der Waals surface area contributed by atoms with Gasteiger partial charge in [-0.25, -0.2) is 0 Å². The molecule has 2 N–H and O–H groups in total. The Balaban J connectivity index is 3.11. The first-order valence-electron chi connectivity index (χ1n) is 4.22. The molecule has 0 aliphatic heterocycles. The number of hydrogen-bond donors (Lipinski definition) is 2. The highest BCUT2D eigenvalue weighted by molar-refractivity contribution is 7.58. The van der Waals surface area contributed by atoms with Crippen LogP contribution in [-0.4, -0.2) is 15.6 Å². The summed E-state index contributed by atoms with van der Waals surface area (Å²) in [5.41, 5.74) is 0.654. The molecule has 1 aliphatic rings. The van der Waals surface area contributed by atoms with Crippen LogP contribution in [0.4, 0.5) is 0 Å². The van der Waals surface area contributed by atoms with Crippen molar-refractivity contribution in [2.24, 2.45) is 0 Å². The number of hydrogen-bond acceptors (Lipinski definition) is 2. The fourth-order valence-electron chi connectivity index (χ4n) is 1.70. The molecule has 5 heteroatoms. The Kier molecular flexibility index (Phi) is 3.06. The van der Waals surface area contributed by atoms with Gasteiger partial charge in [0.25, 0.3) is 0 Å². The van der Waals surface area contributed by atoms with Crippen LogP contribution in [0.15, 0.2) is 10.9 Å². The molecular weight excluding hydrogens is 191 g/mol. The number of Topliss-reactive ketones (excluding diaryl/α,β-unsaturated/α-hetero) is 1. The van der Waals surface area contributed by atoms with E-state index in [4.69, 9.17) is 9.79 Å². The molecule has 1 rings (SSSR count). The van der Waals surface area contributed by atoms with Crippen molar-refractivity contribution in [2.75, 3.05) is 0 Å². The van der Waals surface area contributed by atoms with Crippen molar-refractivity contribution in [1.29, 1.82) is 0 Å². The summed E-state index contributed by atoms with van der Waals surface area (Å²) in [5.74, 6) is -0.495. The third-order valence-electron chi connectivity index (χ3n) is 2.17. The summed E-state index contributed by atoms with van der Waals surface area (Å²) < 4.78 is 11.0. The summed E-state index contributed by atoms with van der Waals surface area (Å²) in [6.45, 7) is 1.21. The Labute approximate surface area is 76.8 Å². The van der Waals surface area contributed by atoms with E-state index in [0.29, 0.717) is 18.4 Å². The summed E-state index contributed by atoms with van der Waals surface area (Å²) in [6.07, 6.45) is 3.15. The quantitative estimate of drug-likeness (QED) is 0.529. The Morgan fingerprint density at radius 2 is 1.77 bits per heavy atom. The van der Waals surface area contributed by atoms with Crippen LogP contribution < -0.4 is 0 Å². The fraction of sp³-hybridized carbons (Fsp3) is 0.625. The summed E-state index contributed by atoms with van der Waals surface area (Å²) in [4.78, 5) is 28.9. The van der Waals surface area contributed by atoms with Gasteiger partial charge in [0.1, 0.15) is 5.31 Å². The fourth-order valence-corrected chi connectivity index (χ4v) is 2.74. The number of carbonyl (C=O) groups is 1. The van der Waals surface area contributed by atoms with Gasteiger partial charge < -0.3 is 9.79 Å². The van der Waals surface area contributed by atoms with Crippen molar-refractivity contribution in [1.82, 2.24) is 0 Å². The summed E-state index contributed by atoms with van der Waals surface area (Å²) in [6, 6.07) is 0. The number of allylic oxidation sites excluding steroid dienone is 2. The highest BCUT2D eigenvalue weighted by Gasteiger charge is 2.29. The zero-order chi connectivity index (χ0) is 10.1. The number of carbonyl (C=O) groups excluding carboxylic acids is 1. The van der Waals surface area contributed by atoms with Crippen LogP contribution in [0.2, 0.25) is 0 Å². The van der Waals surface area contributed by atoms with Crippen LogP contribution >= 0.6 is 7.60 Å². The highest BCUT2D eigenvalue weighted by Crippen LogP contribution is 2.49. The molecule has 74 valence electrons. The first-order valence-corrected chi connectivity index (χ1v) is 5.83. The van der Waals surface area contributed by atoms with Gasteiger partial charge in [-0.3, -0.25) is 9.36 Å². The van der Waals surface area contributed by atoms with Gasteiger partial charge in [-0.2, -0.15) is 0 Å². The third-order valence-corrected chi connectivity index (χ3v) is 3.38. The Bertz CT molecular complexity index is 291. The van der Waals surface area contributed by atoms with E-state index in [0.717, 1.165) is 12.8 Å². The van der Waals surface area contributed by atoms with Gasteiger partial charge in [-0.15, -0.1) is 0 Å². The van der Waals surface area contributed by atoms with Gasteiger partial charge in [-0.05, 0) is 32.6 Å². The van der Waals surface area contributed by atoms with Crippen molar-refractivity contribution in [3.05, 3.63) is 10.9 Å². The summed E-state index contributed by atoms with van der Waals surface area (Å²) >= 11 is 0. The predicted molar refractivity (Wildman–Crippen MR) is 48.2 cm³/mol. The molecule has 0 heterocycles. The monoisotopic (exact) mass is 204 g/mol. The molecule has 0 atom stereocenters. The third kappa shape index (κ3) is 2.50. The molecule has 0 aromatic carbocycles. The Morgan fingerprint density at radius 3 is 2.08 bits per heavy atom. The molecule has 0 saturated heterocycles. The molecule has 0 spiro atoms. The first kappa shape index (κ1) is 10.6. The Hall–Kier alpha value is -0.440. The molecule has 1 aliphatic carbocycles. The lowest BCUT2D eigenvalue weighted by molar-refractivity contribution is -0.113. The zero-order valence-corrected chi connectivity index (χ0v) is 8.38. The van der Waals surface area contributed by atoms with Crippen LogP contribution in [0.5, 0.6) is 0 Å². The molecule has 0 aromatic rings. The van der Waals surface area contributed by atoms with Crippen molar-refractivity contribution in [2.45, 2.75) is 32.6 Å². The van der Waals surface area contributed by atoms with E-state index in [2.05, 4.69) is 0 Å². The van der Waals surface area contributed by atoms with Crippen LogP contribution in [0.3, 0.4) is 0 Å². The maximum absolute atomic E-state index is 11.0. The van der Waals surface area contributed by atoms with Crippen LogP contribution in [0.25, 0.3) is 0 Å². The molecule has 4 nitrogen and oxygen atoms in total. The maximum atomic E-state index is 11.0. The van der Waals surface area contributed by atoms with Crippen molar-refractivity contribution >= 4 is 13.4 Å². The molecule has 0 unspecified atom stereocenters. The van der Waals surface area contributed by atoms with Crippen molar-refractivity contribution in [3.63, 3.8) is 0 Å². The average molecular weight is 204 g/mol. The van der Waals surface area contributed by atoms with Crippen LogP contribution in [0, 0.1) is 0 Å². The number of rotatable bonds is 2. The van der Waals surface area contributed by atoms with Crippen LogP contribution in [0.1, 0.15) is 32.6 Å². The summed E-state index contributed by atoms with van der Waals surface area (Å²) in [5, 5.41) is -0.245. The van der Waals surface area contributed by atoms with Gasteiger partial charge >= 0.3 is 7.60 Å². The topological polar surface area (TPSA) is 74.6 Å². The molecule has 1 fully saturated rings. The lowest BCUT2D eigenvalue weighted by atomic mass is 10.2. The first-order chi connectivity index (χ1) is 5.93. The van der Waals surface area contributed by atoms with E-state index >= 15 is 0 Å². The number of ketones is 1. The van der Waals surface area contributed by atoms with Gasteiger partial charge in [0, 0.05) is 0 Å². The minimum atomic E-state index is -4.35. The lowest BCUT2D eigenvalue weighted by Gasteiger charge is -2.09. The summed E-state index contributed by atoms with van der Waals surface area (Å²) in [7, 11) is -4.35. The standard InChI is InChI=1S/C8H13O4P/c1-6(9)8(13(10,11)12)7-4-2-3-5-7/h2-5H2,1H3,(H2,10,11,12). The molecule has 0 radical (unpaired) electrons. The predicted octanol–water partition coefficient (Wildman–Crippen LogP) is 1.58. The second-order valence-electron chi connectivity index (χ2n) is 3.26. The molecule has 13 heavy (non-hydrogen) atoms. The van der Waals surface area contributed by atoms with E-state index < -0.39 is 13.4 Å². The minimum absolute atomic E-state index is 0.245. The second kappa shape index (κ2) is 3.74. The maximum Gasteiger partial charge on any atom is 0.359 e. The van der Waals surface area contributed by atoms with Gasteiger partial charge in [0.05, 0.1) is 0 Å². The van der Waals surface area contributed by atoms with Gasteiger partial charge in [0.15, 0.2) is 5.78 Å². The molecule has 0 amide bonds. The second-order valence-corrected chi connectivity index (χ2v) is 4.79. The molecule has 0 bridgehead atoms. The van der Waals surface area contributed by atoms with Gasteiger partial charge in [0.2, 0.25) is 0 Å². The van der Waals surface area contributed by atoms with E-state index in [1.807, 2.05) is 0 Å². The Morgan fingerprint density at radius 1 is 1.31 bits per heavy atom. The van der Waals surface area contributed by atoms with Crippen LogP contribution in [-0.2, 0) is 9.36 Å². The van der Waals surface area contributed by atoms with Crippen molar-refractivity contribution < 1.29 is 19.1 Å². The zero-order valence-electron chi connectivity index (χ0n) is 7.49. The van der Waals surface area contributed by atoms with E-state index in [1.54, 1.807) is 0 Å². The average Bonchev–Trinajstić information content (AvgIpc) is 2.34. The highest BCUT2D eigenvalue weighted by atomic mass is 31.2. The van der Waals surface area contributed by atoms with E-state index in [9.17, 15) is 9.36 Å². The molecule has 1 saturated carbocycles. The lowest BCUT2D eigenvalue weighted by Crippen LogP contribution is -2.01. The SMILES string of the molecule is CC(=O)C(=C1CCCC1)P(=O)(O)O. The van der Waals surface area contributed by atoms with Crippen molar-refractivity contribution in [3.8, 4) is 0 Å². The van der Waals surface area contributed by atoms with E-state index in [1.165, 1.54) is 6.92 Å². The largest absolute Gasteiger partial charge is 0.359 e. The normalized spacial score (nSPS) is 17.6. The molecule has 0 aromatic heterocycles. The smallest absolute Gasteiger partial charge is 0.321 e.